The molecule has 1 heterocycles. The molecule has 7 nitrogen and oxygen atoms in total. The van der Waals surface area contributed by atoms with Gasteiger partial charge in [0.2, 0.25) is 0 Å². The Balaban J connectivity index is 2.51. The second-order valence-electron chi connectivity index (χ2n) is 3.32. The second-order valence-corrected chi connectivity index (χ2v) is 5.79. The summed E-state index contributed by atoms with van der Waals surface area (Å²) in [5.74, 6) is -0.388. The van der Waals surface area contributed by atoms with E-state index in [2.05, 4.69) is 15.3 Å². The van der Waals surface area contributed by atoms with Crippen molar-refractivity contribution in [2.24, 2.45) is 0 Å². The maximum absolute atomic E-state index is 11.5. The predicted octanol–water partition coefficient (Wildman–Crippen LogP) is -0.777. The molecule has 0 aliphatic rings. The minimum Gasteiger partial charge on any atom is -0.382 e. The summed E-state index contributed by atoms with van der Waals surface area (Å²) < 4.78 is 22.3. The number of aromatic nitrogens is 2. The van der Waals surface area contributed by atoms with Gasteiger partial charge in [0, 0.05) is 12.3 Å². The van der Waals surface area contributed by atoms with Crippen molar-refractivity contribution >= 4 is 21.6 Å². The fourth-order valence-electron chi connectivity index (χ4n) is 1.05. The fraction of sp³-hybridized carbons (Fsp3) is 0.444. The molecule has 0 unspecified atom stereocenters. The third kappa shape index (κ3) is 4.35. The number of hydrogen-bond acceptors (Lipinski definition) is 6. The van der Waals surface area contributed by atoms with Crippen LogP contribution < -0.4 is 11.1 Å². The molecule has 8 heteroatoms. The zero-order chi connectivity index (χ0) is 12.9. The summed E-state index contributed by atoms with van der Waals surface area (Å²) in [7, 11) is -3.08. The summed E-state index contributed by atoms with van der Waals surface area (Å²) in [6, 6.07) is 0. The summed E-state index contributed by atoms with van der Waals surface area (Å²) in [5, 5.41) is 2.44. The Morgan fingerprint density at radius 3 is 2.76 bits per heavy atom. The van der Waals surface area contributed by atoms with E-state index < -0.39 is 15.7 Å². The highest BCUT2D eigenvalue weighted by Gasteiger charge is 2.10. The molecule has 0 atom stereocenters. The van der Waals surface area contributed by atoms with E-state index in [9.17, 15) is 13.2 Å². The monoisotopic (exact) mass is 258 g/mol. The molecule has 0 aliphatic carbocycles. The minimum atomic E-state index is -3.08. The summed E-state index contributed by atoms with van der Waals surface area (Å²) in [6.45, 7) is 1.60. The maximum atomic E-state index is 11.5. The van der Waals surface area contributed by atoms with Gasteiger partial charge in [-0.3, -0.25) is 9.78 Å². The van der Waals surface area contributed by atoms with Crippen molar-refractivity contribution in [2.75, 3.05) is 23.8 Å². The molecule has 0 aromatic carbocycles. The highest BCUT2D eigenvalue weighted by molar-refractivity contribution is 7.91. The van der Waals surface area contributed by atoms with Crippen LogP contribution >= 0.6 is 0 Å². The molecule has 3 N–H and O–H groups in total. The Morgan fingerprint density at radius 1 is 1.47 bits per heavy atom. The molecule has 0 saturated heterocycles. The number of carbonyl (C=O) groups is 1. The lowest BCUT2D eigenvalue weighted by Crippen LogP contribution is -2.30. The number of carbonyl (C=O) groups excluding carboxylic acids is 1. The van der Waals surface area contributed by atoms with Gasteiger partial charge >= 0.3 is 0 Å². The van der Waals surface area contributed by atoms with Crippen LogP contribution in [0, 0.1) is 0 Å². The van der Waals surface area contributed by atoms with Crippen LogP contribution in [0.4, 0.5) is 5.82 Å². The first-order valence-electron chi connectivity index (χ1n) is 5.01. The minimum absolute atomic E-state index is 0.0471. The number of nitrogens with zero attached hydrogens (tertiary/aromatic N) is 2. The predicted molar refractivity (Wildman–Crippen MR) is 63.1 cm³/mol. The first-order chi connectivity index (χ1) is 7.94. The van der Waals surface area contributed by atoms with Gasteiger partial charge in [-0.1, -0.05) is 6.92 Å². The molecule has 1 aromatic heterocycles. The Kier molecular flexibility index (Phi) is 4.38. The number of rotatable bonds is 5. The molecule has 1 amide bonds. The van der Waals surface area contributed by atoms with Crippen molar-refractivity contribution in [1.82, 2.24) is 15.3 Å². The fourth-order valence-corrected chi connectivity index (χ4v) is 1.75. The zero-order valence-electron chi connectivity index (χ0n) is 9.38. The van der Waals surface area contributed by atoms with Gasteiger partial charge in [0.15, 0.2) is 9.84 Å². The summed E-state index contributed by atoms with van der Waals surface area (Å²) in [6.07, 6.45) is 2.58. The van der Waals surface area contributed by atoms with Crippen molar-refractivity contribution in [3.63, 3.8) is 0 Å². The van der Waals surface area contributed by atoms with Crippen LogP contribution in [0.25, 0.3) is 0 Å². The lowest BCUT2D eigenvalue weighted by molar-refractivity contribution is 0.0951. The third-order valence-electron chi connectivity index (χ3n) is 2.02. The van der Waals surface area contributed by atoms with Gasteiger partial charge in [0.25, 0.3) is 5.91 Å². The van der Waals surface area contributed by atoms with Crippen molar-refractivity contribution < 1.29 is 13.2 Å². The van der Waals surface area contributed by atoms with Crippen LogP contribution in [-0.4, -0.2) is 42.3 Å². The summed E-state index contributed by atoms with van der Waals surface area (Å²) in [5.41, 5.74) is 5.43. The van der Waals surface area contributed by atoms with Crippen molar-refractivity contribution in [3.05, 3.63) is 18.1 Å². The van der Waals surface area contributed by atoms with E-state index in [1.165, 1.54) is 12.4 Å². The molecule has 0 saturated carbocycles. The smallest absolute Gasteiger partial charge is 0.271 e. The summed E-state index contributed by atoms with van der Waals surface area (Å²) in [4.78, 5) is 19.0. The average molecular weight is 258 g/mol. The molecule has 0 aliphatic heterocycles. The standard InChI is InChI=1S/C9H14N4O3S/c1-2-17(15,16)4-3-12-9(14)7-5-11-6-8(10)13-7/h5-6H,2-4H2,1H3,(H2,10,13)(H,12,14). The van der Waals surface area contributed by atoms with E-state index in [4.69, 9.17) is 5.73 Å². The van der Waals surface area contributed by atoms with E-state index in [1.807, 2.05) is 0 Å². The number of nitrogen functional groups attached to an aromatic ring is 1. The summed E-state index contributed by atoms with van der Waals surface area (Å²) >= 11 is 0. The molecule has 1 aromatic rings. The van der Waals surface area contributed by atoms with Crippen LogP contribution in [0.2, 0.25) is 0 Å². The third-order valence-corrected chi connectivity index (χ3v) is 3.73. The zero-order valence-corrected chi connectivity index (χ0v) is 10.2. The maximum Gasteiger partial charge on any atom is 0.271 e. The lowest BCUT2D eigenvalue weighted by atomic mass is 10.4. The molecule has 0 spiro atoms. The SMILES string of the molecule is CCS(=O)(=O)CCNC(=O)c1cncc(N)n1. The molecular formula is C9H14N4O3S. The quantitative estimate of drug-likeness (QED) is 0.716. The van der Waals surface area contributed by atoms with E-state index in [0.29, 0.717) is 0 Å². The van der Waals surface area contributed by atoms with Crippen molar-refractivity contribution in [1.29, 1.82) is 0 Å². The lowest BCUT2D eigenvalue weighted by Gasteiger charge is -2.04. The van der Waals surface area contributed by atoms with Gasteiger partial charge in [-0.2, -0.15) is 0 Å². The molecular weight excluding hydrogens is 244 g/mol. The van der Waals surface area contributed by atoms with Crippen molar-refractivity contribution in [2.45, 2.75) is 6.92 Å². The topological polar surface area (TPSA) is 115 Å². The molecule has 0 bridgehead atoms. The van der Waals surface area contributed by atoms with E-state index in [-0.39, 0.29) is 29.6 Å². The number of anilines is 1. The number of amides is 1. The highest BCUT2D eigenvalue weighted by Crippen LogP contribution is 1.96. The Hall–Kier alpha value is -1.70. The average Bonchev–Trinajstić information content (AvgIpc) is 2.28. The number of sulfone groups is 1. The van der Waals surface area contributed by atoms with E-state index in [1.54, 1.807) is 6.92 Å². The van der Waals surface area contributed by atoms with Crippen LogP contribution in [0.5, 0.6) is 0 Å². The molecule has 0 radical (unpaired) electrons. The molecule has 0 fully saturated rings. The van der Waals surface area contributed by atoms with E-state index in [0.717, 1.165) is 0 Å². The number of nitrogens with two attached hydrogens (primary N) is 1. The van der Waals surface area contributed by atoms with Crippen molar-refractivity contribution in [3.8, 4) is 0 Å². The van der Waals surface area contributed by atoms with Gasteiger partial charge in [0.05, 0.1) is 18.1 Å². The van der Waals surface area contributed by atoms with Gasteiger partial charge in [-0.15, -0.1) is 0 Å². The first kappa shape index (κ1) is 13.4. The Labute approximate surface area is 99.4 Å². The number of hydrogen-bond donors (Lipinski definition) is 2. The largest absolute Gasteiger partial charge is 0.382 e. The molecule has 17 heavy (non-hydrogen) atoms. The van der Waals surface area contributed by atoms with Crippen LogP contribution in [-0.2, 0) is 9.84 Å². The van der Waals surface area contributed by atoms with Crippen LogP contribution in [0.15, 0.2) is 12.4 Å². The normalized spacial score (nSPS) is 11.1. The van der Waals surface area contributed by atoms with Crippen LogP contribution in [0.3, 0.4) is 0 Å². The molecule has 94 valence electrons. The van der Waals surface area contributed by atoms with Crippen LogP contribution in [0.1, 0.15) is 17.4 Å². The second kappa shape index (κ2) is 5.58. The van der Waals surface area contributed by atoms with Gasteiger partial charge in [0.1, 0.15) is 11.5 Å². The Morgan fingerprint density at radius 2 is 2.18 bits per heavy atom. The first-order valence-corrected chi connectivity index (χ1v) is 6.83. The van der Waals surface area contributed by atoms with E-state index >= 15 is 0 Å². The molecule has 1 rings (SSSR count). The van der Waals surface area contributed by atoms with Gasteiger partial charge in [-0.25, -0.2) is 13.4 Å². The van der Waals surface area contributed by atoms with Gasteiger partial charge < -0.3 is 11.1 Å². The van der Waals surface area contributed by atoms with Gasteiger partial charge in [-0.05, 0) is 0 Å². The Bertz CT molecular complexity index is 501. The number of nitrogens with one attached hydrogen (secondary N) is 1. The highest BCUT2D eigenvalue weighted by atomic mass is 32.2.